The summed E-state index contributed by atoms with van der Waals surface area (Å²) in [5.74, 6) is 0. The summed E-state index contributed by atoms with van der Waals surface area (Å²) in [5, 5.41) is 19.1. The third kappa shape index (κ3) is 5.36. The lowest BCUT2D eigenvalue weighted by molar-refractivity contribution is 0.0312. The van der Waals surface area contributed by atoms with Gasteiger partial charge in [-0.05, 0) is 44.5 Å². The van der Waals surface area contributed by atoms with Crippen molar-refractivity contribution in [1.82, 2.24) is 10.6 Å². The summed E-state index contributed by atoms with van der Waals surface area (Å²) in [6, 6.07) is 8.98. The molecule has 1 fully saturated rings. The van der Waals surface area contributed by atoms with Crippen molar-refractivity contribution in [3.05, 3.63) is 30.3 Å². The summed E-state index contributed by atoms with van der Waals surface area (Å²) in [6.07, 6.45) is 2.31. The van der Waals surface area contributed by atoms with Gasteiger partial charge in [0, 0.05) is 12.2 Å². The predicted molar refractivity (Wildman–Crippen MR) is 82.4 cm³/mol. The number of halogens is 1. The number of anilines is 1. The molecule has 1 aliphatic rings. The third-order valence-corrected chi connectivity index (χ3v) is 3.37. The lowest BCUT2D eigenvalue weighted by atomic mass is 9.95. The lowest BCUT2D eigenvalue weighted by Gasteiger charge is -2.26. The number of urea groups is 1. The number of para-hydroxylation sites is 1. The van der Waals surface area contributed by atoms with Gasteiger partial charge in [-0.1, -0.05) is 18.2 Å². The second-order valence-corrected chi connectivity index (χ2v) is 5.00. The van der Waals surface area contributed by atoms with Crippen molar-refractivity contribution in [3.8, 4) is 0 Å². The third-order valence-electron chi connectivity index (χ3n) is 3.37. The molecule has 0 aliphatic carbocycles. The van der Waals surface area contributed by atoms with Gasteiger partial charge in [0.15, 0.2) is 0 Å². The SMILES string of the molecule is Cl.O=C(NCC1(O)CCCNCC1)Nc1ccccc1. The number of nitrogens with one attached hydrogen (secondary N) is 3. The van der Waals surface area contributed by atoms with E-state index in [-0.39, 0.29) is 25.0 Å². The van der Waals surface area contributed by atoms with Crippen molar-refractivity contribution in [2.75, 3.05) is 25.0 Å². The number of carbonyl (C=O) groups is 1. The maximum Gasteiger partial charge on any atom is 0.319 e. The fourth-order valence-corrected chi connectivity index (χ4v) is 2.23. The molecule has 0 saturated carbocycles. The van der Waals surface area contributed by atoms with Gasteiger partial charge in [-0.15, -0.1) is 12.4 Å². The maximum absolute atomic E-state index is 11.7. The quantitative estimate of drug-likeness (QED) is 0.687. The van der Waals surface area contributed by atoms with E-state index in [4.69, 9.17) is 0 Å². The first-order valence-electron chi connectivity index (χ1n) is 6.71. The molecule has 0 radical (unpaired) electrons. The zero-order valence-corrected chi connectivity index (χ0v) is 12.2. The highest BCUT2D eigenvalue weighted by Gasteiger charge is 2.28. The van der Waals surface area contributed by atoms with E-state index in [1.165, 1.54) is 0 Å². The van der Waals surface area contributed by atoms with E-state index in [0.29, 0.717) is 12.8 Å². The number of aliphatic hydroxyl groups is 1. The minimum Gasteiger partial charge on any atom is -0.388 e. The molecule has 0 spiro atoms. The van der Waals surface area contributed by atoms with Crippen LogP contribution in [0.15, 0.2) is 30.3 Å². The number of hydrogen-bond acceptors (Lipinski definition) is 3. The van der Waals surface area contributed by atoms with Gasteiger partial charge in [0.05, 0.1) is 5.60 Å². The van der Waals surface area contributed by atoms with Gasteiger partial charge >= 0.3 is 6.03 Å². The molecule has 6 heteroatoms. The van der Waals surface area contributed by atoms with E-state index >= 15 is 0 Å². The molecule has 1 aromatic carbocycles. The first-order valence-corrected chi connectivity index (χ1v) is 6.71. The first-order chi connectivity index (χ1) is 9.18. The molecule has 1 aliphatic heterocycles. The predicted octanol–water partition coefficient (Wildman–Crippen LogP) is 1.73. The molecule has 2 amide bonds. The number of benzene rings is 1. The summed E-state index contributed by atoms with van der Waals surface area (Å²) < 4.78 is 0. The van der Waals surface area contributed by atoms with Crippen LogP contribution in [-0.2, 0) is 0 Å². The van der Waals surface area contributed by atoms with Crippen molar-refractivity contribution in [1.29, 1.82) is 0 Å². The van der Waals surface area contributed by atoms with Crippen LogP contribution in [0.5, 0.6) is 0 Å². The van der Waals surface area contributed by atoms with Crippen LogP contribution in [0.1, 0.15) is 19.3 Å². The summed E-state index contributed by atoms with van der Waals surface area (Å²) in [4.78, 5) is 11.7. The minimum atomic E-state index is -0.794. The maximum atomic E-state index is 11.7. The topological polar surface area (TPSA) is 73.4 Å². The van der Waals surface area contributed by atoms with Gasteiger partial charge in [-0.3, -0.25) is 0 Å². The Morgan fingerprint density at radius 3 is 2.75 bits per heavy atom. The average molecular weight is 300 g/mol. The van der Waals surface area contributed by atoms with Crippen LogP contribution in [0.4, 0.5) is 10.5 Å². The molecule has 2 rings (SSSR count). The first kappa shape index (κ1) is 16.8. The second-order valence-electron chi connectivity index (χ2n) is 5.00. The van der Waals surface area contributed by atoms with E-state index in [9.17, 15) is 9.90 Å². The molecule has 1 unspecified atom stereocenters. The summed E-state index contributed by atoms with van der Waals surface area (Å²) in [6.45, 7) is 2.00. The fourth-order valence-electron chi connectivity index (χ4n) is 2.23. The number of amides is 2. The molecule has 112 valence electrons. The highest BCUT2D eigenvalue weighted by Crippen LogP contribution is 2.18. The molecule has 0 aromatic heterocycles. The highest BCUT2D eigenvalue weighted by molar-refractivity contribution is 5.89. The fraction of sp³-hybridized carbons (Fsp3) is 0.500. The van der Waals surface area contributed by atoms with E-state index in [1.807, 2.05) is 30.3 Å². The monoisotopic (exact) mass is 299 g/mol. The van der Waals surface area contributed by atoms with Crippen LogP contribution in [0.3, 0.4) is 0 Å². The van der Waals surface area contributed by atoms with E-state index in [1.54, 1.807) is 0 Å². The standard InChI is InChI=1S/C14H21N3O2.ClH/c18-13(17-12-5-2-1-3-6-12)16-11-14(19)7-4-9-15-10-8-14;/h1-3,5-6,15,19H,4,7-11H2,(H2,16,17,18);1H. The van der Waals surface area contributed by atoms with Crippen LogP contribution in [0, 0.1) is 0 Å². The van der Waals surface area contributed by atoms with Crippen molar-refractivity contribution in [2.45, 2.75) is 24.9 Å². The molecule has 1 atom stereocenters. The van der Waals surface area contributed by atoms with Gasteiger partial charge in [-0.25, -0.2) is 4.79 Å². The molecule has 1 aromatic rings. The van der Waals surface area contributed by atoms with E-state index in [0.717, 1.165) is 25.2 Å². The Balaban J connectivity index is 0.00000200. The van der Waals surface area contributed by atoms with Gasteiger partial charge in [0.2, 0.25) is 0 Å². The summed E-state index contributed by atoms with van der Waals surface area (Å²) in [7, 11) is 0. The Labute approximate surface area is 125 Å². The number of hydrogen-bond donors (Lipinski definition) is 4. The Hall–Kier alpha value is -1.30. The lowest BCUT2D eigenvalue weighted by Crippen LogP contribution is -2.44. The van der Waals surface area contributed by atoms with Crippen molar-refractivity contribution in [2.24, 2.45) is 0 Å². The van der Waals surface area contributed by atoms with Crippen molar-refractivity contribution >= 4 is 24.1 Å². The number of carbonyl (C=O) groups excluding carboxylic acids is 1. The highest BCUT2D eigenvalue weighted by atomic mass is 35.5. The van der Waals surface area contributed by atoms with E-state index in [2.05, 4.69) is 16.0 Å². The van der Waals surface area contributed by atoms with Crippen LogP contribution >= 0.6 is 12.4 Å². The smallest absolute Gasteiger partial charge is 0.319 e. The second kappa shape index (κ2) is 8.09. The Morgan fingerprint density at radius 2 is 2.00 bits per heavy atom. The van der Waals surface area contributed by atoms with Gasteiger partial charge in [-0.2, -0.15) is 0 Å². The van der Waals surface area contributed by atoms with Crippen LogP contribution < -0.4 is 16.0 Å². The molecular formula is C14H22ClN3O2. The molecule has 1 saturated heterocycles. The summed E-state index contributed by atoms with van der Waals surface area (Å²) >= 11 is 0. The van der Waals surface area contributed by atoms with E-state index < -0.39 is 5.60 Å². The van der Waals surface area contributed by atoms with Crippen LogP contribution in [0.2, 0.25) is 0 Å². The Bertz CT molecular complexity index is 406. The Morgan fingerprint density at radius 1 is 1.25 bits per heavy atom. The normalized spacial score (nSPS) is 22.2. The summed E-state index contributed by atoms with van der Waals surface area (Å²) in [5.41, 5.74) is -0.0492. The van der Waals surface area contributed by atoms with Crippen LogP contribution in [0.25, 0.3) is 0 Å². The average Bonchev–Trinajstić information content (AvgIpc) is 2.63. The van der Waals surface area contributed by atoms with Gasteiger partial charge < -0.3 is 21.1 Å². The molecule has 4 N–H and O–H groups in total. The van der Waals surface area contributed by atoms with Crippen LogP contribution in [-0.4, -0.2) is 36.4 Å². The number of rotatable bonds is 3. The largest absolute Gasteiger partial charge is 0.388 e. The Kier molecular flexibility index (Phi) is 6.78. The zero-order valence-electron chi connectivity index (χ0n) is 11.4. The molecule has 5 nitrogen and oxygen atoms in total. The molecule has 20 heavy (non-hydrogen) atoms. The minimum absolute atomic E-state index is 0. The molecular weight excluding hydrogens is 278 g/mol. The van der Waals surface area contributed by atoms with Gasteiger partial charge in [0.1, 0.15) is 0 Å². The molecule has 0 bridgehead atoms. The van der Waals surface area contributed by atoms with Crippen molar-refractivity contribution in [3.63, 3.8) is 0 Å². The zero-order chi connectivity index (χ0) is 13.6. The van der Waals surface area contributed by atoms with Gasteiger partial charge in [0.25, 0.3) is 0 Å². The molecule has 1 heterocycles. The van der Waals surface area contributed by atoms with Crippen molar-refractivity contribution < 1.29 is 9.90 Å².